The molecule has 0 aliphatic carbocycles. The van der Waals surface area contributed by atoms with Crippen molar-refractivity contribution < 1.29 is 4.39 Å². The number of H-pyrrole nitrogens is 1. The van der Waals surface area contributed by atoms with E-state index in [9.17, 15) is 9.18 Å². The molecule has 0 bridgehead atoms. The van der Waals surface area contributed by atoms with E-state index in [-0.39, 0.29) is 16.8 Å². The summed E-state index contributed by atoms with van der Waals surface area (Å²) in [5.41, 5.74) is 4.08. The normalized spacial score (nSPS) is 14.3. The minimum atomic E-state index is -0.465. The van der Waals surface area contributed by atoms with E-state index in [4.69, 9.17) is 5.26 Å². The average molecular weight is 312 g/mol. The van der Waals surface area contributed by atoms with Crippen LogP contribution in [-0.4, -0.2) is 22.1 Å². The Labute approximate surface area is 131 Å². The Morgan fingerprint density at radius 1 is 1.39 bits per heavy atom. The smallest absolute Gasteiger partial charge is 0.251 e. The molecule has 2 heterocycles. The van der Waals surface area contributed by atoms with E-state index in [1.54, 1.807) is 42.4 Å². The van der Waals surface area contributed by atoms with Crippen molar-refractivity contribution in [2.45, 2.75) is 6.92 Å². The lowest BCUT2D eigenvalue weighted by atomic mass is 10.0. The van der Waals surface area contributed by atoms with Gasteiger partial charge in [-0.25, -0.2) is 9.37 Å². The number of aromatic nitrogens is 2. The molecule has 0 saturated heterocycles. The maximum Gasteiger partial charge on any atom is 0.251 e. The number of nitriles is 1. The van der Waals surface area contributed by atoms with E-state index in [0.717, 1.165) is 0 Å². The Morgan fingerprint density at radius 3 is 2.83 bits per heavy atom. The third-order valence-electron chi connectivity index (χ3n) is 3.47. The Hall–Kier alpha value is -3.18. The van der Waals surface area contributed by atoms with Gasteiger partial charge in [-0.2, -0.15) is 5.26 Å². The minimum absolute atomic E-state index is 0.195. The Balaban J connectivity index is 2.23. The molecule has 3 rings (SSSR count). The highest BCUT2D eigenvalue weighted by Gasteiger charge is 2.25. The Kier molecular flexibility index (Phi) is 3.56. The standard InChI is InChI=1S/C15H13FN6O/c1-9-3-4-12(22-7-10(6-17)20-21(22)2)14(15(9)16)11-5-13(23)19-8-18-11/h3-5,7-8,20H,1-2H3,(H,18,19,23). The van der Waals surface area contributed by atoms with Gasteiger partial charge in [-0.3, -0.25) is 15.2 Å². The molecule has 2 N–H and O–H groups in total. The van der Waals surface area contributed by atoms with Crippen molar-refractivity contribution in [2.24, 2.45) is 0 Å². The first-order valence-electron chi connectivity index (χ1n) is 6.77. The zero-order valence-electron chi connectivity index (χ0n) is 12.5. The van der Waals surface area contributed by atoms with Crippen LogP contribution in [0.25, 0.3) is 11.3 Å². The van der Waals surface area contributed by atoms with Crippen LogP contribution in [0, 0.1) is 24.1 Å². The molecule has 0 radical (unpaired) electrons. The Morgan fingerprint density at radius 2 is 2.17 bits per heavy atom. The van der Waals surface area contributed by atoms with Gasteiger partial charge >= 0.3 is 0 Å². The number of hydrazine groups is 2. The lowest BCUT2D eigenvalue weighted by Crippen LogP contribution is -2.39. The Bertz CT molecular complexity index is 898. The van der Waals surface area contributed by atoms with Gasteiger partial charge in [0, 0.05) is 13.1 Å². The molecule has 0 atom stereocenters. The number of aryl methyl sites for hydroxylation is 1. The highest BCUT2D eigenvalue weighted by Crippen LogP contribution is 2.35. The molecule has 1 aromatic heterocycles. The maximum atomic E-state index is 14.7. The highest BCUT2D eigenvalue weighted by molar-refractivity contribution is 5.78. The van der Waals surface area contributed by atoms with E-state index in [0.29, 0.717) is 16.9 Å². The van der Waals surface area contributed by atoms with Crippen molar-refractivity contribution in [3.63, 3.8) is 0 Å². The molecule has 0 unspecified atom stereocenters. The van der Waals surface area contributed by atoms with Crippen molar-refractivity contribution >= 4 is 5.69 Å². The average Bonchev–Trinajstić information content (AvgIpc) is 2.91. The van der Waals surface area contributed by atoms with Gasteiger partial charge in [0.15, 0.2) is 0 Å². The summed E-state index contributed by atoms with van der Waals surface area (Å²) >= 11 is 0. The van der Waals surface area contributed by atoms with E-state index < -0.39 is 5.82 Å². The number of hydrogen-bond acceptors (Lipinski definition) is 6. The molecule has 0 spiro atoms. The molecule has 0 amide bonds. The van der Waals surface area contributed by atoms with Crippen LogP contribution < -0.4 is 16.0 Å². The number of halogens is 1. The number of rotatable bonds is 2. The third kappa shape index (κ3) is 2.54. The zero-order chi connectivity index (χ0) is 16.6. The lowest BCUT2D eigenvalue weighted by Gasteiger charge is -2.26. The van der Waals surface area contributed by atoms with Crippen LogP contribution in [0.15, 0.2) is 41.2 Å². The molecule has 0 fully saturated rings. The van der Waals surface area contributed by atoms with Crippen LogP contribution in [0.1, 0.15) is 5.56 Å². The van der Waals surface area contributed by atoms with Crippen molar-refractivity contribution in [3.8, 4) is 17.3 Å². The van der Waals surface area contributed by atoms with Gasteiger partial charge in [-0.1, -0.05) is 6.07 Å². The second-order valence-corrected chi connectivity index (χ2v) is 5.02. The number of nitrogens with one attached hydrogen (secondary N) is 2. The van der Waals surface area contributed by atoms with Crippen LogP contribution in [0.5, 0.6) is 0 Å². The molecule has 23 heavy (non-hydrogen) atoms. The van der Waals surface area contributed by atoms with Crippen molar-refractivity contribution in [3.05, 3.63) is 58.2 Å². The number of allylic oxidation sites excluding steroid dienone is 1. The van der Waals surface area contributed by atoms with Crippen molar-refractivity contribution in [1.82, 2.24) is 20.5 Å². The summed E-state index contributed by atoms with van der Waals surface area (Å²) in [6.45, 7) is 1.64. The van der Waals surface area contributed by atoms with Gasteiger partial charge in [-0.05, 0) is 18.6 Å². The molecule has 1 aliphatic heterocycles. The molecule has 116 valence electrons. The van der Waals surface area contributed by atoms with Gasteiger partial charge < -0.3 is 4.98 Å². The summed E-state index contributed by atoms with van der Waals surface area (Å²) in [4.78, 5) is 18.0. The van der Waals surface area contributed by atoms with Crippen molar-refractivity contribution in [1.29, 1.82) is 5.26 Å². The molecular formula is C15H13FN6O. The first kappa shape index (κ1) is 14.7. The van der Waals surface area contributed by atoms with E-state index in [1.165, 1.54) is 12.4 Å². The quantitative estimate of drug-likeness (QED) is 0.872. The lowest BCUT2D eigenvalue weighted by molar-refractivity contribution is 0.297. The molecule has 2 aromatic rings. The summed E-state index contributed by atoms with van der Waals surface area (Å²) < 4.78 is 14.7. The number of nitrogens with zero attached hydrogens (tertiary/aromatic N) is 4. The third-order valence-corrected chi connectivity index (χ3v) is 3.47. The largest absolute Gasteiger partial charge is 0.313 e. The summed E-state index contributed by atoms with van der Waals surface area (Å²) in [5, 5.41) is 12.1. The molecular weight excluding hydrogens is 299 g/mol. The number of anilines is 1. The second-order valence-electron chi connectivity index (χ2n) is 5.02. The molecule has 7 nitrogen and oxygen atoms in total. The maximum absolute atomic E-state index is 14.7. The fraction of sp³-hybridized carbons (Fsp3) is 0.133. The molecule has 1 aromatic carbocycles. The van der Waals surface area contributed by atoms with Crippen LogP contribution in [0.3, 0.4) is 0 Å². The fourth-order valence-electron chi connectivity index (χ4n) is 2.36. The van der Waals surface area contributed by atoms with Gasteiger partial charge in [0.1, 0.15) is 17.6 Å². The van der Waals surface area contributed by atoms with Crippen LogP contribution in [0.2, 0.25) is 0 Å². The molecule has 8 heteroatoms. The number of hydrogen-bond donors (Lipinski definition) is 2. The predicted octanol–water partition coefficient (Wildman–Crippen LogP) is 1.42. The van der Waals surface area contributed by atoms with Gasteiger partial charge in [0.2, 0.25) is 0 Å². The SMILES string of the molecule is Cc1ccc(N2C=C(C#N)NN2C)c(-c2cc(=O)[nH]cn2)c1F. The minimum Gasteiger partial charge on any atom is -0.313 e. The first-order chi connectivity index (χ1) is 11.0. The zero-order valence-corrected chi connectivity index (χ0v) is 12.5. The summed E-state index contributed by atoms with van der Waals surface area (Å²) in [7, 11) is 1.69. The number of aromatic amines is 1. The summed E-state index contributed by atoms with van der Waals surface area (Å²) in [6, 6.07) is 6.57. The monoisotopic (exact) mass is 312 g/mol. The van der Waals surface area contributed by atoms with Gasteiger partial charge in [0.05, 0.1) is 29.5 Å². The van der Waals surface area contributed by atoms with Gasteiger partial charge in [0.25, 0.3) is 5.56 Å². The predicted molar refractivity (Wildman–Crippen MR) is 82.1 cm³/mol. The van der Waals surface area contributed by atoms with E-state index >= 15 is 0 Å². The molecule has 0 saturated carbocycles. The highest BCUT2D eigenvalue weighted by atomic mass is 19.1. The van der Waals surface area contributed by atoms with Crippen LogP contribution in [-0.2, 0) is 0 Å². The van der Waals surface area contributed by atoms with Crippen LogP contribution >= 0.6 is 0 Å². The number of benzene rings is 1. The fourth-order valence-corrected chi connectivity index (χ4v) is 2.36. The van der Waals surface area contributed by atoms with E-state index in [2.05, 4.69) is 15.4 Å². The second kappa shape index (κ2) is 5.55. The van der Waals surface area contributed by atoms with E-state index in [1.807, 2.05) is 6.07 Å². The summed E-state index contributed by atoms with van der Waals surface area (Å²) in [6.07, 6.45) is 2.77. The molecule has 1 aliphatic rings. The van der Waals surface area contributed by atoms with Gasteiger partial charge in [-0.15, -0.1) is 5.12 Å². The van der Waals surface area contributed by atoms with Crippen molar-refractivity contribution in [2.75, 3.05) is 12.1 Å². The van der Waals surface area contributed by atoms with Crippen LogP contribution in [0.4, 0.5) is 10.1 Å². The first-order valence-corrected chi connectivity index (χ1v) is 6.77. The summed E-state index contributed by atoms with van der Waals surface area (Å²) in [5.74, 6) is -0.465. The topological polar surface area (TPSA) is 88.0 Å².